The van der Waals surface area contributed by atoms with Gasteiger partial charge in [0.15, 0.2) is 0 Å². The number of nitrogens with zero attached hydrogens (tertiary/aromatic N) is 1. The molecule has 1 saturated heterocycles. The van der Waals surface area contributed by atoms with Gasteiger partial charge in [-0.2, -0.15) is 0 Å². The number of anilines is 1. The van der Waals surface area contributed by atoms with Gasteiger partial charge in [0.2, 0.25) is 0 Å². The second-order valence-corrected chi connectivity index (χ2v) is 7.55. The summed E-state index contributed by atoms with van der Waals surface area (Å²) in [6.45, 7) is 6.61. The molecule has 1 heterocycles. The van der Waals surface area contributed by atoms with Crippen molar-refractivity contribution in [2.45, 2.75) is 38.3 Å². The maximum absolute atomic E-state index is 6.23. The van der Waals surface area contributed by atoms with Gasteiger partial charge < -0.3 is 15.0 Å². The average molecular weight is 359 g/mol. The van der Waals surface area contributed by atoms with E-state index in [2.05, 4.69) is 66.5 Å². The van der Waals surface area contributed by atoms with Gasteiger partial charge in [-0.25, -0.2) is 0 Å². The molecule has 0 bridgehead atoms. The van der Waals surface area contributed by atoms with Gasteiger partial charge in [-0.15, -0.1) is 0 Å². The van der Waals surface area contributed by atoms with Crippen molar-refractivity contribution in [2.24, 2.45) is 0 Å². The number of para-hydroxylation sites is 1. The van der Waals surface area contributed by atoms with E-state index in [9.17, 15) is 0 Å². The molecular formula is C21H27ClN2O. The Morgan fingerprint density at radius 3 is 2.60 bits per heavy atom. The Balaban J connectivity index is 1.97. The van der Waals surface area contributed by atoms with Crippen molar-refractivity contribution in [1.29, 1.82) is 0 Å². The Hall–Kier alpha value is -1.71. The van der Waals surface area contributed by atoms with Gasteiger partial charge in [0.25, 0.3) is 0 Å². The zero-order valence-electron chi connectivity index (χ0n) is 15.3. The molecule has 0 aliphatic carbocycles. The number of halogens is 1. The van der Waals surface area contributed by atoms with Gasteiger partial charge in [-0.1, -0.05) is 35.9 Å². The van der Waals surface area contributed by atoms with Crippen LogP contribution in [0.15, 0.2) is 48.5 Å². The molecule has 4 heteroatoms. The minimum absolute atomic E-state index is 0.191. The van der Waals surface area contributed by atoms with Crippen molar-refractivity contribution >= 4 is 17.3 Å². The number of hydrogen-bond donors (Lipinski definition) is 1. The van der Waals surface area contributed by atoms with E-state index in [-0.39, 0.29) is 5.54 Å². The maximum atomic E-state index is 6.23. The standard InChI is InChI=1S/C21H27ClN2O/c1-21(2,16-11-12-19(22)20(14-16)25-3)24(15-17-8-7-13-23-17)18-9-5-4-6-10-18/h4-6,9-12,14,17,23H,7-8,13,15H2,1-3H3/t17-/m0/s1. The number of ether oxygens (including phenoxy) is 1. The molecular weight excluding hydrogens is 332 g/mol. The van der Waals surface area contributed by atoms with Gasteiger partial charge in [-0.3, -0.25) is 0 Å². The molecule has 1 aliphatic heterocycles. The first-order valence-electron chi connectivity index (χ1n) is 8.92. The topological polar surface area (TPSA) is 24.5 Å². The first kappa shape index (κ1) is 18.1. The minimum atomic E-state index is -0.191. The number of benzene rings is 2. The van der Waals surface area contributed by atoms with Crippen molar-refractivity contribution in [3.05, 3.63) is 59.1 Å². The minimum Gasteiger partial charge on any atom is -0.495 e. The summed E-state index contributed by atoms with van der Waals surface area (Å²) in [6, 6.07) is 17.2. The van der Waals surface area contributed by atoms with Gasteiger partial charge >= 0.3 is 0 Å². The van der Waals surface area contributed by atoms with E-state index < -0.39 is 0 Å². The molecule has 1 atom stereocenters. The molecule has 134 valence electrons. The molecule has 3 rings (SSSR count). The van der Waals surface area contributed by atoms with E-state index in [1.807, 2.05) is 6.07 Å². The third kappa shape index (κ3) is 3.94. The second-order valence-electron chi connectivity index (χ2n) is 7.15. The number of nitrogens with one attached hydrogen (secondary N) is 1. The van der Waals surface area contributed by atoms with Crippen LogP contribution in [0.4, 0.5) is 5.69 Å². The van der Waals surface area contributed by atoms with E-state index in [4.69, 9.17) is 16.3 Å². The summed E-state index contributed by atoms with van der Waals surface area (Å²) >= 11 is 6.23. The van der Waals surface area contributed by atoms with Crippen molar-refractivity contribution in [3.63, 3.8) is 0 Å². The van der Waals surface area contributed by atoms with Gasteiger partial charge in [0, 0.05) is 18.3 Å². The van der Waals surface area contributed by atoms with Crippen molar-refractivity contribution in [2.75, 3.05) is 25.1 Å². The van der Waals surface area contributed by atoms with Crippen LogP contribution in [0.5, 0.6) is 5.75 Å². The quantitative estimate of drug-likeness (QED) is 0.799. The molecule has 2 aromatic carbocycles. The number of hydrogen-bond acceptors (Lipinski definition) is 3. The fraction of sp³-hybridized carbons (Fsp3) is 0.429. The highest BCUT2D eigenvalue weighted by Gasteiger charge is 2.32. The molecule has 25 heavy (non-hydrogen) atoms. The van der Waals surface area contributed by atoms with E-state index in [0.717, 1.165) is 18.8 Å². The van der Waals surface area contributed by atoms with Gasteiger partial charge in [0.1, 0.15) is 5.75 Å². The average Bonchev–Trinajstić information content (AvgIpc) is 3.14. The predicted molar refractivity (Wildman–Crippen MR) is 106 cm³/mol. The zero-order chi connectivity index (χ0) is 17.9. The van der Waals surface area contributed by atoms with Crippen molar-refractivity contribution < 1.29 is 4.74 Å². The Bertz CT molecular complexity index is 696. The maximum Gasteiger partial charge on any atom is 0.137 e. The molecule has 1 aliphatic rings. The van der Waals surface area contributed by atoms with Crippen LogP contribution >= 0.6 is 11.6 Å². The SMILES string of the molecule is COc1cc(C(C)(C)N(C[C@@H]2CCCN2)c2ccccc2)ccc1Cl. The predicted octanol–water partition coefficient (Wildman–Crippen LogP) is 4.84. The fourth-order valence-electron chi connectivity index (χ4n) is 3.59. The van der Waals surface area contributed by atoms with E-state index >= 15 is 0 Å². The molecule has 2 aromatic rings. The summed E-state index contributed by atoms with van der Waals surface area (Å²) in [5, 5.41) is 4.27. The monoisotopic (exact) mass is 358 g/mol. The third-order valence-electron chi connectivity index (χ3n) is 5.17. The van der Waals surface area contributed by atoms with Crippen LogP contribution in [0, 0.1) is 0 Å². The zero-order valence-corrected chi connectivity index (χ0v) is 16.0. The van der Waals surface area contributed by atoms with Gasteiger partial charge in [-0.05, 0) is 63.1 Å². The van der Waals surface area contributed by atoms with Crippen LogP contribution in [0.2, 0.25) is 5.02 Å². The molecule has 1 fully saturated rings. The second kappa shape index (κ2) is 7.67. The van der Waals surface area contributed by atoms with Crippen LogP contribution in [-0.2, 0) is 5.54 Å². The highest BCUT2D eigenvalue weighted by Crippen LogP contribution is 2.36. The van der Waals surface area contributed by atoms with E-state index in [0.29, 0.717) is 11.1 Å². The first-order chi connectivity index (χ1) is 12.0. The Morgan fingerprint density at radius 1 is 1.20 bits per heavy atom. The van der Waals surface area contributed by atoms with Crippen LogP contribution in [0.3, 0.4) is 0 Å². The molecule has 0 radical (unpaired) electrons. The van der Waals surface area contributed by atoms with Crippen LogP contribution in [0.1, 0.15) is 32.3 Å². The summed E-state index contributed by atoms with van der Waals surface area (Å²) in [6.07, 6.45) is 2.48. The largest absolute Gasteiger partial charge is 0.495 e. The van der Waals surface area contributed by atoms with Crippen LogP contribution in [-0.4, -0.2) is 26.2 Å². The normalized spacial score (nSPS) is 17.5. The lowest BCUT2D eigenvalue weighted by Crippen LogP contribution is -2.48. The lowest BCUT2D eigenvalue weighted by atomic mass is 9.90. The summed E-state index contributed by atoms with van der Waals surface area (Å²) in [4.78, 5) is 2.48. The molecule has 0 spiro atoms. The molecule has 3 nitrogen and oxygen atoms in total. The Morgan fingerprint density at radius 2 is 1.96 bits per heavy atom. The third-order valence-corrected chi connectivity index (χ3v) is 5.48. The fourth-order valence-corrected chi connectivity index (χ4v) is 3.79. The number of rotatable bonds is 6. The molecule has 0 aromatic heterocycles. The number of methoxy groups -OCH3 is 1. The molecule has 0 saturated carbocycles. The van der Waals surface area contributed by atoms with E-state index in [1.165, 1.54) is 24.1 Å². The van der Waals surface area contributed by atoms with E-state index in [1.54, 1.807) is 7.11 Å². The summed E-state index contributed by atoms with van der Waals surface area (Å²) in [5.41, 5.74) is 2.23. The Kier molecular flexibility index (Phi) is 5.55. The van der Waals surface area contributed by atoms with Crippen molar-refractivity contribution in [3.8, 4) is 5.75 Å². The molecule has 0 unspecified atom stereocenters. The van der Waals surface area contributed by atoms with Crippen molar-refractivity contribution in [1.82, 2.24) is 5.32 Å². The highest BCUT2D eigenvalue weighted by atomic mass is 35.5. The summed E-state index contributed by atoms with van der Waals surface area (Å²) in [5.74, 6) is 0.722. The lowest BCUT2D eigenvalue weighted by molar-refractivity contribution is 0.408. The molecule has 1 N–H and O–H groups in total. The smallest absolute Gasteiger partial charge is 0.137 e. The Labute approximate surface area is 155 Å². The lowest BCUT2D eigenvalue weighted by Gasteiger charge is -2.42. The summed E-state index contributed by atoms with van der Waals surface area (Å²) in [7, 11) is 1.66. The summed E-state index contributed by atoms with van der Waals surface area (Å²) < 4.78 is 5.44. The van der Waals surface area contributed by atoms with Crippen LogP contribution < -0.4 is 15.0 Å². The highest BCUT2D eigenvalue weighted by molar-refractivity contribution is 6.32. The van der Waals surface area contributed by atoms with Crippen LogP contribution in [0.25, 0.3) is 0 Å². The first-order valence-corrected chi connectivity index (χ1v) is 9.30. The molecule has 0 amide bonds. The van der Waals surface area contributed by atoms with Gasteiger partial charge in [0.05, 0.1) is 17.7 Å².